The van der Waals surface area contributed by atoms with Crippen LogP contribution in [0.1, 0.15) is 35.2 Å². The zero-order valence-corrected chi connectivity index (χ0v) is 15.7. The third-order valence-corrected chi connectivity index (χ3v) is 5.08. The highest BCUT2D eigenvalue weighted by Crippen LogP contribution is 2.34. The van der Waals surface area contributed by atoms with Gasteiger partial charge in [0.2, 0.25) is 5.95 Å². The van der Waals surface area contributed by atoms with Crippen LogP contribution < -0.4 is 5.32 Å². The minimum Gasteiger partial charge on any atom is -0.386 e. The lowest BCUT2D eigenvalue weighted by molar-refractivity contribution is -0.115. The minimum atomic E-state index is -0.722. The van der Waals surface area contributed by atoms with Crippen molar-refractivity contribution in [3.05, 3.63) is 59.9 Å². The molecule has 1 N–H and O–H groups in total. The maximum atomic E-state index is 13.4. The van der Waals surface area contributed by atoms with Crippen LogP contribution in [-0.4, -0.2) is 51.1 Å². The average Bonchev–Trinajstić information content (AvgIpc) is 3.15. The number of rotatable bonds is 4. The monoisotopic (exact) mass is 397 g/mol. The van der Waals surface area contributed by atoms with Crippen LogP contribution in [0.25, 0.3) is 0 Å². The van der Waals surface area contributed by atoms with Gasteiger partial charge in [-0.2, -0.15) is 4.39 Å². The molecule has 0 aromatic carbocycles. The van der Waals surface area contributed by atoms with Crippen molar-refractivity contribution >= 4 is 17.5 Å². The van der Waals surface area contributed by atoms with Crippen molar-refractivity contribution in [2.75, 3.05) is 13.1 Å². The molecule has 0 unspecified atom stereocenters. The minimum absolute atomic E-state index is 0.239. The van der Waals surface area contributed by atoms with Crippen LogP contribution in [-0.2, 0) is 16.2 Å². The van der Waals surface area contributed by atoms with E-state index in [0.29, 0.717) is 44.6 Å². The van der Waals surface area contributed by atoms with Crippen molar-refractivity contribution < 1.29 is 18.8 Å². The molecule has 1 atom stereocenters. The average molecular weight is 397 g/mol. The lowest BCUT2D eigenvalue weighted by Gasteiger charge is -2.38. The first-order valence-corrected chi connectivity index (χ1v) is 9.38. The van der Waals surface area contributed by atoms with Gasteiger partial charge >= 0.3 is 0 Å². The van der Waals surface area contributed by atoms with Crippen LogP contribution in [0.5, 0.6) is 0 Å². The van der Waals surface area contributed by atoms with Gasteiger partial charge in [0.25, 0.3) is 11.8 Å². The number of carbonyl (C=O) groups is 2. The zero-order chi connectivity index (χ0) is 20.3. The number of nitrogens with one attached hydrogen (secondary N) is 1. The summed E-state index contributed by atoms with van der Waals surface area (Å²) in [7, 11) is 0. The topological polar surface area (TPSA) is 96.8 Å². The van der Waals surface area contributed by atoms with E-state index in [1.807, 2.05) is 6.07 Å². The van der Waals surface area contributed by atoms with Crippen molar-refractivity contribution in [1.82, 2.24) is 20.2 Å². The molecule has 4 heterocycles. The molecule has 2 aromatic heterocycles. The summed E-state index contributed by atoms with van der Waals surface area (Å²) in [5, 5.41) is 6.80. The van der Waals surface area contributed by atoms with Gasteiger partial charge in [-0.15, -0.1) is 0 Å². The molecule has 9 heteroatoms. The van der Waals surface area contributed by atoms with Crippen molar-refractivity contribution in [2.24, 2.45) is 5.16 Å². The van der Waals surface area contributed by atoms with Gasteiger partial charge in [-0.25, -0.2) is 4.98 Å². The second-order valence-electron chi connectivity index (χ2n) is 7.23. The quantitative estimate of drug-likeness (QED) is 0.792. The molecule has 8 nitrogen and oxygen atoms in total. The van der Waals surface area contributed by atoms with Gasteiger partial charge in [0.05, 0.1) is 6.54 Å². The summed E-state index contributed by atoms with van der Waals surface area (Å²) in [6.45, 7) is 1.17. The van der Waals surface area contributed by atoms with Crippen molar-refractivity contribution in [1.29, 1.82) is 0 Å². The van der Waals surface area contributed by atoms with Crippen LogP contribution in [0.3, 0.4) is 0 Å². The lowest BCUT2D eigenvalue weighted by Crippen LogP contribution is -2.51. The van der Waals surface area contributed by atoms with Crippen molar-refractivity contribution in [3.8, 4) is 0 Å². The molecule has 2 aliphatic rings. The third kappa shape index (κ3) is 4.23. The number of oxime groups is 1. The van der Waals surface area contributed by atoms with E-state index >= 15 is 0 Å². The molecule has 1 spiro atoms. The first-order chi connectivity index (χ1) is 14.0. The Morgan fingerprint density at radius 2 is 2.21 bits per heavy atom. The van der Waals surface area contributed by atoms with E-state index in [1.165, 1.54) is 12.3 Å². The standard InChI is InChI=1S/C20H20FN5O3/c21-17-9-15(4-7-23-17)19(28)26-8-2-5-20(13-26)10-16(25-29-20)18(27)24-12-14-3-1-6-22-11-14/h1,3-4,6-7,9,11H,2,5,8,10,12-13H2,(H,24,27)/t20-/m1/s1. The number of amides is 2. The van der Waals surface area contributed by atoms with Crippen LogP contribution in [0.15, 0.2) is 48.0 Å². The summed E-state index contributed by atoms with van der Waals surface area (Å²) < 4.78 is 13.4. The number of piperidine rings is 1. The number of nitrogens with zero attached hydrogens (tertiary/aromatic N) is 4. The molecule has 0 bridgehead atoms. The number of hydrogen-bond donors (Lipinski definition) is 1. The maximum Gasteiger partial charge on any atom is 0.269 e. The van der Waals surface area contributed by atoms with Gasteiger partial charge in [0.1, 0.15) is 5.71 Å². The highest BCUT2D eigenvalue weighted by Gasteiger charge is 2.45. The Balaban J connectivity index is 1.37. The van der Waals surface area contributed by atoms with Gasteiger partial charge in [-0.05, 0) is 30.5 Å². The predicted molar refractivity (Wildman–Crippen MR) is 101 cm³/mol. The summed E-state index contributed by atoms with van der Waals surface area (Å²) in [4.78, 5) is 39.9. The highest BCUT2D eigenvalue weighted by atomic mass is 19.1. The van der Waals surface area contributed by atoms with E-state index in [2.05, 4.69) is 20.4 Å². The molecule has 150 valence electrons. The summed E-state index contributed by atoms with van der Waals surface area (Å²) in [6, 6.07) is 6.27. The number of carbonyl (C=O) groups excluding carboxylic acids is 2. The van der Waals surface area contributed by atoms with E-state index < -0.39 is 11.5 Å². The second kappa shape index (κ2) is 7.94. The fourth-order valence-electron chi connectivity index (χ4n) is 3.64. The first kappa shape index (κ1) is 19.0. The Morgan fingerprint density at radius 1 is 1.31 bits per heavy atom. The molecule has 0 aliphatic carbocycles. The molecule has 1 saturated heterocycles. The van der Waals surface area contributed by atoms with Crippen LogP contribution in [0.4, 0.5) is 4.39 Å². The van der Waals surface area contributed by atoms with Crippen LogP contribution in [0, 0.1) is 5.95 Å². The number of halogens is 1. The van der Waals surface area contributed by atoms with E-state index in [4.69, 9.17) is 4.84 Å². The molecule has 2 aliphatic heterocycles. The van der Waals surface area contributed by atoms with Crippen LogP contribution in [0.2, 0.25) is 0 Å². The fourth-order valence-corrected chi connectivity index (χ4v) is 3.64. The smallest absolute Gasteiger partial charge is 0.269 e. The Morgan fingerprint density at radius 3 is 3.00 bits per heavy atom. The third-order valence-electron chi connectivity index (χ3n) is 5.08. The number of pyridine rings is 2. The SMILES string of the molecule is O=C(NCc1cccnc1)C1=NO[C@]2(CCCN(C(=O)c3ccnc(F)c3)C2)C1. The second-order valence-corrected chi connectivity index (χ2v) is 7.23. The Kier molecular flexibility index (Phi) is 5.20. The van der Waals surface area contributed by atoms with Crippen molar-refractivity contribution in [2.45, 2.75) is 31.4 Å². The molecule has 0 saturated carbocycles. The molecule has 0 radical (unpaired) electrons. The molecular weight excluding hydrogens is 377 g/mol. The molecule has 2 amide bonds. The van der Waals surface area contributed by atoms with Gasteiger partial charge in [-0.3, -0.25) is 14.6 Å². The Hall–Kier alpha value is -3.36. The predicted octanol–water partition coefficient (Wildman–Crippen LogP) is 1.68. The number of hydrogen-bond acceptors (Lipinski definition) is 6. The van der Waals surface area contributed by atoms with E-state index in [9.17, 15) is 14.0 Å². The summed E-state index contributed by atoms with van der Waals surface area (Å²) in [5.74, 6) is -1.29. The summed E-state index contributed by atoms with van der Waals surface area (Å²) in [6.07, 6.45) is 6.33. The number of likely N-dealkylation sites (tertiary alicyclic amines) is 1. The first-order valence-electron chi connectivity index (χ1n) is 9.38. The molecule has 29 heavy (non-hydrogen) atoms. The molecule has 1 fully saturated rings. The largest absolute Gasteiger partial charge is 0.386 e. The zero-order valence-electron chi connectivity index (χ0n) is 15.7. The van der Waals surface area contributed by atoms with E-state index in [-0.39, 0.29) is 17.4 Å². The normalized spacial score (nSPS) is 20.9. The van der Waals surface area contributed by atoms with Crippen LogP contribution >= 0.6 is 0 Å². The lowest BCUT2D eigenvalue weighted by atomic mass is 9.87. The Bertz CT molecular complexity index is 952. The van der Waals surface area contributed by atoms with Gasteiger partial charge in [0, 0.05) is 49.7 Å². The van der Waals surface area contributed by atoms with E-state index in [1.54, 1.807) is 23.4 Å². The van der Waals surface area contributed by atoms with Gasteiger partial charge in [0.15, 0.2) is 5.60 Å². The molecule has 2 aromatic rings. The molecular formula is C20H20FN5O3. The molecule has 4 rings (SSSR count). The number of aromatic nitrogens is 2. The van der Waals surface area contributed by atoms with Gasteiger partial charge < -0.3 is 15.1 Å². The van der Waals surface area contributed by atoms with E-state index in [0.717, 1.165) is 11.6 Å². The summed E-state index contributed by atoms with van der Waals surface area (Å²) >= 11 is 0. The maximum absolute atomic E-state index is 13.4. The Labute approximate surface area is 166 Å². The fraction of sp³-hybridized carbons (Fsp3) is 0.350. The highest BCUT2D eigenvalue weighted by molar-refractivity contribution is 6.39. The van der Waals surface area contributed by atoms with Crippen molar-refractivity contribution in [3.63, 3.8) is 0 Å². The van der Waals surface area contributed by atoms with Gasteiger partial charge in [-0.1, -0.05) is 11.2 Å². The summed E-state index contributed by atoms with van der Waals surface area (Å²) in [5.41, 5.74) is 0.704.